The average Bonchev–Trinajstić information content (AvgIpc) is 2.50. The van der Waals surface area contributed by atoms with Crippen molar-refractivity contribution in [2.75, 3.05) is 13.2 Å². The van der Waals surface area contributed by atoms with Gasteiger partial charge in [0, 0.05) is 11.4 Å². The van der Waals surface area contributed by atoms with Crippen LogP contribution in [0.2, 0.25) is 5.02 Å². The fraction of sp³-hybridized carbons (Fsp3) is 0.529. The van der Waals surface area contributed by atoms with Crippen molar-refractivity contribution in [3.05, 3.63) is 28.8 Å². The third-order valence-corrected chi connectivity index (χ3v) is 3.87. The second-order valence-corrected chi connectivity index (χ2v) is 6.70. The molecule has 0 atom stereocenters. The summed E-state index contributed by atoms with van der Waals surface area (Å²) in [5.74, 6) is 1.21. The van der Waals surface area contributed by atoms with E-state index in [1.54, 1.807) is 0 Å². The van der Waals surface area contributed by atoms with Crippen LogP contribution >= 0.6 is 11.6 Å². The van der Waals surface area contributed by atoms with Crippen LogP contribution in [0.3, 0.4) is 0 Å². The first kappa shape index (κ1) is 19.3. The van der Waals surface area contributed by atoms with E-state index in [0.717, 1.165) is 29.2 Å². The first-order valence-electron chi connectivity index (χ1n) is 8.37. The summed E-state index contributed by atoms with van der Waals surface area (Å²) >= 11 is 6.05. The fourth-order valence-electron chi connectivity index (χ4n) is 2.57. The van der Waals surface area contributed by atoms with Crippen molar-refractivity contribution in [1.82, 2.24) is 5.06 Å². The van der Waals surface area contributed by atoms with Gasteiger partial charge in [-0.25, -0.2) is 4.99 Å². The second-order valence-electron chi connectivity index (χ2n) is 6.27. The third kappa shape index (κ3) is 5.24. The summed E-state index contributed by atoms with van der Waals surface area (Å²) in [5, 5.41) is 2.19. The molecule has 138 valence electrons. The van der Waals surface area contributed by atoms with Gasteiger partial charge >= 0.3 is 0 Å². The largest absolute Gasteiger partial charge is 0.493 e. The summed E-state index contributed by atoms with van der Waals surface area (Å²) in [7, 11) is 0. The number of hydrogen-bond donors (Lipinski definition) is 2. The number of halogens is 1. The van der Waals surface area contributed by atoms with Crippen molar-refractivity contribution in [2.24, 2.45) is 21.5 Å². The zero-order valence-corrected chi connectivity index (χ0v) is 15.7. The van der Waals surface area contributed by atoms with Gasteiger partial charge < -0.3 is 16.2 Å². The highest BCUT2D eigenvalue weighted by Gasteiger charge is 2.32. The fourth-order valence-corrected chi connectivity index (χ4v) is 2.76. The van der Waals surface area contributed by atoms with Gasteiger partial charge in [0.1, 0.15) is 5.75 Å². The summed E-state index contributed by atoms with van der Waals surface area (Å²) in [4.78, 5) is 13.9. The van der Waals surface area contributed by atoms with Crippen LogP contribution in [0.4, 0.5) is 0 Å². The first-order chi connectivity index (χ1) is 11.8. The summed E-state index contributed by atoms with van der Waals surface area (Å²) in [5.41, 5.74) is 11.9. The van der Waals surface area contributed by atoms with E-state index in [9.17, 15) is 0 Å². The minimum atomic E-state index is -0.693. The highest BCUT2D eigenvalue weighted by molar-refractivity contribution is 6.30. The van der Waals surface area contributed by atoms with Gasteiger partial charge in [-0.1, -0.05) is 24.9 Å². The second kappa shape index (κ2) is 8.40. The molecule has 1 aliphatic rings. The Bertz CT molecular complexity index is 660. The zero-order valence-electron chi connectivity index (χ0n) is 15.0. The van der Waals surface area contributed by atoms with Crippen LogP contribution in [0.15, 0.2) is 28.2 Å². The number of aliphatic imine (C=N–C) groups is 2. The number of rotatable bonds is 8. The van der Waals surface area contributed by atoms with Gasteiger partial charge in [-0.15, -0.1) is 0 Å². The molecular formula is C17H26ClN5O2. The van der Waals surface area contributed by atoms with Crippen molar-refractivity contribution in [3.63, 3.8) is 0 Å². The number of aryl methyl sites for hydroxylation is 1. The van der Waals surface area contributed by atoms with Crippen molar-refractivity contribution in [1.29, 1.82) is 0 Å². The predicted molar refractivity (Wildman–Crippen MR) is 101 cm³/mol. The van der Waals surface area contributed by atoms with Crippen LogP contribution in [0.1, 0.15) is 39.2 Å². The van der Waals surface area contributed by atoms with Gasteiger partial charge in [-0.05, 0) is 44.0 Å². The molecule has 2 rings (SSSR count). The lowest BCUT2D eigenvalue weighted by Crippen LogP contribution is -2.53. The smallest absolute Gasteiger partial charge is 0.226 e. The Kier molecular flexibility index (Phi) is 6.50. The quantitative estimate of drug-likeness (QED) is 0.688. The SMILES string of the molecule is CCCc1cc(Cl)ccc1OCCCON1C(N)=NC(N)=NC1(C)C. The number of guanidine groups is 2. The minimum Gasteiger partial charge on any atom is -0.493 e. The van der Waals surface area contributed by atoms with E-state index in [4.69, 9.17) is 32.6 Å². The van der Waals surface area contributed by atoms with Crippen molar-refractivity contribution < 1.29 is 9.57 Å². The molecule has 0 spiro atoms. The third-order valence-electron chi connectivity index (χ3n) is 3.63. The molecule has 0 fully saturated rings. The van der Waals surface area contributed by atoms with Gasteiger partial charge in [0.2, 0.25) is 11.9 Å². The molecule has 0 bridgehead atoms. The van der Waals surface area contributed by atoms with Crippen molar-refractivity contribution in [2.45, 2.75) is 45.7 Å². The Hall–Kier alpha value is -1.99. The maximum Gasteiger partial charge on any atom is 0.226 e. The lowest BCUT2D eigenvalue weighted by Gasteiger charge is -2.36. The van der Waals surface area contributed by atoms with E-state index in [-0.39, 0.29) is 11.9 Å². The monoisotopic (exact) mass is 367 g/mol. The molecule has 0 unspecified atom stereocenters. The molecule has 7 nitrogen and oxygen atoms in total. The zero-order chi connectivity index (χ0) is 18.4. The lowest BCUT2D eigenvalue weighted by atomic mass is 10.1. The molecule has 0 amide bonds. The predicted octanol–water partition coefficient (Wildman–Crippen LogP) is 2.67. The van der Waals surface area contributed by atoms with Gasteiger partial charge in [-0.2, -0.15) is 10.1 Å². The first-order valence-corrected chi connectivity index (χ1v) is 8.75. The molecule has 25 heavy (non-hydrogen) atoms. The number of nitrogens with two attached hydrogens (primary N) is 2. The molecule has 0 saturated heterocycles. The van der Waals surface area contributed by atoms with Crippen molar-refractivity contribution in [3.8, 4) is 5.75 Å². The van der Waals surface area contributed by atoms with Gasteiger partial charge in [0.25, 0.3) is 0 Å². The molecule has 1 aromatic carbocycles. The Morgan fingerprint density at radius 3 is 2.68 bits per heavy atom. The Morgan fingerprint density at radius 2 is 2.00 bits per heavy atom. The number of hydrogen-bond acceptors (Lipinski definition) is 7. The van der Waals surface area contributed by atoms with Crippen LogP contribution in [0.25, 0.3) is 0 Å². The Morgan fingerprint density at radius 1 is 1.24 bits per heavy atom. The summed E-state index contributed by atoms with van der Waals surface area (Å²) < 4.78 is 5.86. The molecule has 0 aliphatic carbocycles. The summed E-state index contributed by atoms with van der Waals surface area (Å²) in [6.45, 7) is 6.77. The van der Waals surface area contributed by atoms with E-state index in [1.165, 1.54) is 5.06 Å². The molecule has 8 heteroatoms. The Labute approximate surface area is 153 Å². The van der Waals surface area contributed by atoms with Crippen LogP contribution in [-0.4, -0.2) is 35.9 Å². The van der Waals surface area contributed by atoms with Crippen LogP contribution < -0.4 is 16.2 Å². The molecule has 1 aliphatic heterocycles. The Balaban J connectivity index is 1.82. The summed E-state index contributed by atoms with van der Waals surface area (Å²) in [6.07, 6.45) is 2.65. The molecule has 1 aromatic rings. The van der Waals surface area contributed by atoms with E-state index in [1.807, 2.05) is 32.0 Å². The van der Waals surface area contributed by atoms with Crippen LogP contribution in [0, 0.1) is 0 Å². The highest BCUT2D eigenvalue weighted by atomic mass is 35.5. The van der Waals surface area contributed by atoms with E-state index >= 15 is 0 Å². The number of nitrogens with zero attached hydrogens (tertiary/aromatic N) is 3. The molecule has 1 heterocycles. The number of ether oxygens (including phenoxy) is 1. The maximum atomic E-state index is 6.05. The van der Waals surface area contributed by atoms with E-state index in [0.29, 0.717) is 19.6 Å². The minimum absolute atomic E-state index is 0.150. The highest BCUT2D eigenvalue weighted by Crippen LogP contribution is 2.24. The maximum absolute atomic E-state index is 6.05. The van der Waals surface area contributed by atoms with Gasteiger partial charge in [0.15, 0.2) is 5.66 Å². The number of hydroxylamine groups is 2. The van der Waals surface area contributed by atoms with Crippen molar-refractivity contribution >= 4 is 23.5 Å². The lowest BCUT2D eigenvalue weighted by molar-refractivity contribution is -0.158. The topological polar surface area (TPSA) is 98.5 Å². The summed E-state index contributed by atoms with van der Waals surface area (Å²) in [6, 6.07) is 5.69. The standard InChI is InChI=1S/C17H26ClN5O2/c1-4-6-12-11-13(18)7-8-14(12)24-9-5-10-25-23-16(20)21-15(19)22-17(23,2)3/h7-8,11H,4-6,9-10H2,1-3H3,(H4,19,20,21,22). The van der Waals surface area contributed by atoms with Gasteiger partial charge in [-0.3, -0.25) is 4.84 Å². The molecule has 0 saturated carbocycles. The van der Waals surface area contributed by atoms with Crippen LogP contribution in [-0.2, 0) is 11.3 Å². The van der Waals surface area contributed by atoms with Gasteiger partial charge in [0.05, 0.1) is 13.2 Å². The molecular weight excluding hydrogens is 342 g/mol. The number of benzene rings is 1. The van der Waals surface area contributed by atoms with E-state index in [2.05, 4.69) is 16.9 Å². The molecule has 0 aromatic heterocycles. The van der Waals surface area contributed by atoms with E-state index < -0.39 is 5.66 Å². The molecule has 4 N–H and O–H groups in total. The van der Waals surface area contributed by atoms with Crippen LogP contribution in [0.5, 0.6) is 5.75 Å². The average molecular weight is 368 g/mol. The molecule has 0 radical (unpaired) electrons. The normalized spacial score (nSPS) is 16.4.